The van der Waals surface area contributed by atoms with Gasteiger partial charge in [0.05, 0.1) is 11.1 Å². The first kappa shape index (κ1) is 12.4. The van der Waals surface area contributed by atoms with Gasteiger partial charge in [0.25, 0.3) is 5.69 Å². The van der Waals surface area contributed by atoms with Gasteiger partial charge >= 0.3 is 0 Å². The second-order valence-corrected chi connectivity index (χ2v) is 4.24. The van der Waals surface area contributed by atoms with Gasteiger partial charge in [-0.05, 0) is 18.6 Å². The molecule has 94 valence electrons. The maximum absolute atomic E-state index is 10.7. The predicted molar refractivity (Wildman–Crippen MR) is 68.8 cm³/mol. The number of aromatic nitrogens is 2. The van der Waals surface area contributed by atoms with Gasteiger partial charge in [0.2, 0.25) is 0 Å². The lowest BCUT2D eigenvalue weighted by Crippen LogP contribution is -2.01. The maximum Gasteiger partial charge on any atom is 0.288 e. The van der Waals surface area contributed by atoms with Gasteiger partial charge in [-0.25, -0.2) is 0 Å². The molecule has 6 nitrogen and oxygen atoms in total. The summed E-state index contributed by atoms with van der Waals surface area (Å²) in [6.07, 6.45) is 3.48. The van der Waals surface area contributed by atoms with Crippen LogP contribution in [0.4, 0.5) is 11.4 Å². The van der Waals surface area contributed by atoms with E-state index < -0.39 is 4.92 Å². The minimum Gasteiger partial charge on any atom is -0.381 e. The third kappa shape index (κ3) is 2.60. The number of hydrogen-bond donors (Lipinski definition) is 2. The molecule has 1 heterocycles. The molecule has 0 saturated carbocycles. The lowest BCUT2D eigenvalue weighted by molar-refractivity contribution is -0.384. The van der Waals surface area contributed by atoms with E-state index in [-0.39, 0.29) is 10.7 Å². The largest absolute Gasteiger partial charge is 0.381 e. The minimum atomic E-state index is -0.491. The Morgan fingerprint density at radius 2 is 2.33 bits per heavy atom. The van der Waals surface area contributed by atoms with E-state index in [1.807, 2.05) is 0 Å². The number of H-pyrrole nitrogens is 1. The van der Waals surface area contributed by atoms with Crippen molar-refractivity contribution in [3.05, 3.63) is 50.8 Å². The second kappa shape index (κ2) is 5.05. The summed E-state index contributed by atoms with van der Waals surface area (Å²) in [6.45, 7) is 2.37. The summed E-state index contributed by atoms with van der Waals surface area (Å²) >= 11 is 5.86. The van der Waals surface area contributed by atoms with Crippen LogP contribution in [-0.2, 0) is 6.54 Å². The smallest absolute Gasteiger partial charge is 0.288 e. The highest BCUT2D eigenvalue weighted by Crippen LogP contribution is 2.30. The van der Waals surface area contributed by atoms with Crippen molar-refractivity contribution in [3.8, 4) is 0 Å². The average molecular weight is 267 g/mol. The average Bonchev–Trinajstić information content (AvgIpc) is 2.82. The van der Waals surface area contributed by atoms with E-state index in [1.54, 1.807) is 25.4 Å². The van der Waals surface area contributed by atoms with Crippen LogP contribution >= 0.6 is 11.6 Å². The molecule has 7 heteroatoms. The van der Waals surface area contributed by atoms with E-state index in [0.29, 0.717) is 6.54 Å². The number of rotatable bonds is 4. The molecule has 18 heavy (non-hydrogen) atoms. The fraction of sp³-hybridized carbons (Fsp3) is 0.182. The molecule has 1 aromatic carbocycles. The van der Waals surface area contributed by atoms with E-state index >= 15 is 0 Å². The quantitative estimate of drug-likeness (QED) is 0.658. The van der Waals surface area contributed by atoms with Gasteiger partial charge in [0, 0.05) is 30.1 Å². The fourth-order valence-electron chi connectivity index (χ4n) is 1.57. The van der Waals surface area contributed by atoms with Gasteiger partial charge in [-0.3, -0.25) is 15.2 Å². The molecule has 2 aromatic rings. The lowest BCUT2D eigenvalue weighted by Gasteiger charge is -2.09. The van der Waals surface area contributed by atoms with Crippen LogP contribution in [0.2, 0.25) is 5.02 Å². The van der Waals surface area contributed by atoms with E-state index in [1.165, 1.54) is 6.07 Å². The van der Waals surface area contributed by atoms with Crippen molar-refractivity contribution >= 4 is 23.0 Å². The van der Waals surface area contributed by atoms with Gasteiger partial charge in [-0.2, -0.15) is 5.10 Å². The van der Waals surface area contributed by atoms with E-state index in [0.717, 1.165) is 16.8 Å². The third-order valence-corrected chi connectivity index (χ3v) is 2.83. The van der Waals surface area contributed by atoms with Crippen molar-refractivity contribution in [2.75, 3.05) is 5.32 Å². The van der Waals surface area contributed by atoms with Crippen LogP contribution in [0.1, 0.15) is 11.1 Å². The molecule has 0 fully saturated rings. The zero-order valence-electron chi connectivity index (χ0n) is 9.61. The topological polar surface area (TPSA) is 83.8 Å². The Hall–Kier alpha value is -2.08. The summed E-state index contributed by atoms with van der Waals surface area (Å²) in [5.41, 5.74) is 2.45. The van der Waals surface area contributed by atoms with E-state index in [9.17, 15) is 10.1 Å². The second-order valence-electron chi connectivity index (χ2n) is 3.84. The highest BCUT2D eigenvalue weighted by Gasteiger charge is 2.14. The first-order valence-electron chi connectivity index (χ1n) is 5.24. The van der Waals surface area contributed by atoms with Gasteiger partial charge < -0.3 is 5.32 Å². The highest BCUT2D eigenvalue weighted by molar-refractivity contribution is 6.33. The molecule has 0 bridgehead atoms. The van der Waals surface area contributed by atoms with Crippen molar-refractivity contribution in [1.82, 2.24) is 10.2 Å². The van der Waals surface area contributed by atoms with Gasteiger partial charge in [0.15, 0.2) is 0 Å². The van der Waals surface area contributed by atoms with Gasteiger partial charge in [-0.15, -0.1) is 0 Å². The Balaban J connectivity index is 2.19. The standard InChI is InChI=1S/C11H11ClN4O2/c1-7-2-11(16(17)18)9(12)3-10(7)13-4-8-5-14-15-6-8/h2-3,5-6,13H,4H2,1H3,(H,14,15). The molecule has 0 atom stereocenters. The van der Waals surface area contributed by atoms with Crippen molar-refractivity contribution < 1.29 is 4.92 Å². The number of aryl methyl sites for hydroxylation is 1. The van der Waals surface area contributed by atoms with Crippen molar-refractivity contribution in [3.63, 3.8) is 0 Å². The van der Waals surface area contributed by atoms with Crippen LogP contribution in [0.25, 0.3) is 0 Å². The molecule has 0 radical (unpaired) electrons. The highest BCUT2D eigenvalue weighted by atomic mass is 35.5. The molecular formula is C11H11ClN4O2. The Morgan fingerprint density at radius 1 is 1.56 bits per heavy atom. The molecule has 0 aliphatic carbocycles. The zero-order valence-corrected chi connectivity index (χ0v) is 10.4. The van der Waals surface area contributed by atoms with Crippen LogP contribution < -0.4 is 5.32 Å². The maximum atomic E-state index is 10.7. The predicted octanol–water partition coefficient (Wildman–Crippen LogP) is 2.89. The molecule has 0 saturated heterocycles. The third-order valence-electron chi connectivity index (χ3n) is 2.53. The molecule has 0 spiro atoms. The number of nitro benzene ring substituents is 1. The number of aromatic amines is 1. The summed E-state index contributed by atoms with van der Waals surface area (Å²) < 4.78 is 0. The molecule has 0 amide bonds. The SMILES string of the molecule is Cc1cc([N+](=O)[O-])c(Cl)cc1NCc1cn[nH]c1. The fourth-order valence-corrected chi connectivity index (χ4v) is 1.80. The minimum absolute atomic E-state index is 0.0805. The summed E-state index contributed by atoms with van der Waals surface area (Å²) in [6, 6.07) is 3.02. The molecule has 0 aliphatic heterocycles. The molecule has 2 N–H and O–H groups in total. The Morgan fingerprint density at radius 3 is 2.94 bits per heavy atom. The summed E-state index contributed by atoms with van der Waals surface area (Å²) in [5, 5.41) is 20.5. The van der Waals surface area contributed by atoms with Crippen LogP contribution in [0.5, 0.6) is 0 Å². The number of nitro groups is 1. The number of benzene rings is 1. The first-order chi connectivity index (χ1) is 8.58. The van der Waals surface area contributed by atoms with E-state index in [4.69, 9.17) is 11.6 Å². The summed E-state index contributed by atoms with van der Waals surface area (Å²) in [4.78, 5) is 10.2. The normalized spacial score (nSPS) is 10.3. The van der Waals surface area contributed by atoms with Crippen LogP contribution in [0.15, 0.2) is 24.5 Å². The Kier molecular flexibility index (Phi) is 3.47. The lowest BCUT2D eigenvalue weighted by atomic mass is 10.1. The summed E-state index contributed by atoms with van der Waals surface area (Å²) in [7, 11) is 0. The van der Waals surface area contributed by atoms with Crippen molar-refractivity contribution in [2.24, 2.45) is 0 Å². The Bertz CT molecular complexity index is 569. The van der Waals surface area contributed by atoms with Crippen LogP contribution in [-0.4, -0.2) is 15.1 Å². The Labute approximate surface area is 108 Å². The number of nitrogens with zero attached hydrogens (tertiary/aromatic N) is 2. The van der Waals surface area contributed by atoms with Crippen LogP contribution in [0, 0.1) is 17.0 Å². The number of hydrogen-bond acceptors (Lipinski definition) is 4. The monoisotopic (exact) mass is 266 g/mol. The molecule has 0 unspecified atom stereocenters. The number of anilines is 1. The van der Waals surface area contributed by atoms with Crippen LogP contribution in [0.3, 0.4) is 0 Å². The first-order valence-corrected chi connectivity index (χ1v) is 5.62. The molecule has 2 rings (SSSR count). The van der Waals surface area contributed by atoms with Gasteiger partial charge in [0.1, 0.15) is 5.02 Å². The number of halogens is 1. The molecular weight excluding hydrogens is 256 g/mol. The summed E-state index contributed by atoms with van der Waals surface area (Å²) in [5.74, 6) is 0. The van der Waals surface area contributed by atoms with E-state index in [2.05, 4.69) is 15.5 Å². The molecule has 0 aliphatic rings. The number of nitrogens with one attached hydrogen (secondary N) is 2. The molecule has 1 aromatic heterocycles. The van der Waals surface area contributed by atoms with Crippen molar-refractivity contribution in [1.29, 1.82) is 0 Å². The zero-order chi connectivity index (χ0) is 13.1. The van der Waals surface area contributed by atoms with Gasteiger partial charge in [-0.1, -0.05) is 11.6 Å². The van der Waals surface area contributed by atoms with Crippen molar-refractivity contribution in [2.45, 2.75) is 13.5 Å².